The van der Waals surface area contributed by atoms with E-state index in [4.69, 9.17) is 11.5 Å². The largest absolute Gasteiger partial charge is 0.368 e. The van der Waals surface area contributed by atoms with Crippen molar-refractivity contribution in [3.05, 3.63) is 77.6 Å². The van der Waals surface area contributed by atoms with Gasteiger partial charge in [-0.15, -0.1) is 0 Å². The SMILES string of the molecule is NC(=O)c1cccc(-c2cnc(N)nc2[C@H]2CCCN(C(=O)c3ccccc3)C2)c1. The number of nitrogen functional groups attached to an aromatic ring is 1. The number of carbonyl (C=O) groups excluding carboxylic acids is 2. The molecule has 1 saturated heterocycles. The van der Waals surface area contributed by atoms with Gasteiger partial charge in [-0.25, -0.2) is 9.97 Å². The number of piperidine rings is 1. The van der Waals surface area contributed by atoms with Gasteiger partial charge in [0.2, 0.25) is 11.9 Å². The Labute approximate surface area is 174 Å². The molecule has 1 aliphatic heterocycles. The van der Waals surface area contributed by atoms with Gasteiger partial charge in [0.1, 0.15) is 0 Å². The standard InChI is InChI=1S/C23H23N5O2/c24-21(29)17-9-4-8-16(12-17)19-13-26-23(25)27-20(19)18-10-5-11-28(14-18)22(30)15-6-2-1-3-7-15/h1-4,6-9,12-13,18H,5,10-11,14H2,(H2,24,29)(H2,25,26,27)/t18-/m0/s1. The minimum atomic E-state index is -0.493. The molecule has 0 bridgehead atoms. The molecule has 7 nitrogen and oxygen atoms in total. The van der Waals surface area contributed by atoms with Crippen LogP contribution in [0.1, 0.15) is 45.2 Å². The van der Waals surface area contributed by atoms with Crippen molar-refractivity contribution in [2.45, 2.75) is 18.8 Å². The lowest BCUT2D eigenvalue weighted by atomic mass is 9.89. The van der Waals surface area contributed by atoms with E-state index in [0.29, 0.717) is 24.2 Å². The fourth-order valence-corrected chi connectivity index (χ4v) is 3.93. The van der Waals surface area contributed by atoms with Crippen LogP contribution < -0.4 is 11.5 Å². The third-order valence-corrected chi connectivity index (χ3v) is 5.41. The smallest absolute Gasteiger partial charge is 0.253 e. The number of likely N-dealkylation sites (tertiary alicyclic amines) is 1. The number of nitrogens with zero attached hydrogens (tertiary/aromatic N) is 3. The summed E-state index contributed by atoms with van der Waals surface area (Å²) >= 11 is 0. The van der Waals surface area contributed by atoms with Crippen molar-refractivity contribution in [3.63, 3.8) is 0 Å². The second-order valence-electron chi connectivity index (χ2n) is 7.43. The summed E-state index contributed by atoms with van der Waals surface area (Å²) in [5.41, 5.74) is 14.8. The van der Waals surface area contributed by atoms with Gasteiger partial charge in [0.25, 0.3) is 5.91 Å². The van der Waals surface area contributed by atoms with Gasteiger partial charge in [-0.2, -0.15) is 0 Å². The van der Waals surface area contributed by atoms with Crippen LogP contribution in [0.25, 0.3) is 11.1 Å². The second-order valence-corrected chi connectivity index (χ2v) is 7.43. The number of hydrogen-bond acceptors (Lipinski definition) is 5. The predicted molar refractivity (Wildman–Crippen MR) is 115 cm³/mol. The van der Waals surface area contributed by atoms with E-state index in [1.165, 1.54) is 0 Å². The van der Waals surface area contributed by atoms with E-state index in [0.717, 1.165) is 29.7 Å². The fourth-order valence-electron chi connectivity index (χ4n) is 3.93. The fraction of sp³-hybridized carbons (Fsp3) is 0.217. The molecule has 1 aromatic heterocycles. The Kier molecular flexibility index (Phi) is 5.43. The van der Waals surface area contributed by atoms with Crippen molar-refractivity contribution in [2.75, 3.05) is 18.8 Å². The first-order chi connectivity index (χ1) is 14.5. The highest BCUT2D eigenvalue weighted by Crippen LogP contribution is 2.34. The average molecular weight is 401 g/mol. The molecule has 0 aliphatic carbocycles. The van der Waals surface area contributed by atoms with Crippen LogP contribution >= 0.6 is 0 Å². The van der Waals surface area contributed by atoms with Gasteiger partial charge in [0.05, 0.1) is 5.69 Å². The molecule has 152 valence electrons. The second kappa shape index (κ2) is 8.32. The molecule has 1 atom stereocenters. The summed E-state index contributed by atoms with van der Waals surface area (Å²) in [5.74, 6) is -0.276. The van der Waals surface area contributed by atoms with E-state index in [-0.39, 0.29) is 17.8 Å². The van der Waals surface area contributed by atoms with Crippen LogP contribution in [0.15, 0.2) is 60.8 Å². The summed E-state index contributed by atoms with van der Waals surface area (Å²) in [7, 11) is 0. The van der Waals surface area contributed by atoms with Crippen LogP contribution in [0.4, 0.5) is 5.95 Å². The zero-order valence-corrected chi connectivity index (χ0v) is 16.5. The molecule has 3 aromatic rings. The molecule has 0 spiro atoms. The molecule has 2 heterocycles. The van der Waals surface area contributed by atoms with E-state index in [9.17, 15) is 9.59 Å². The Morgan fingerprint density at radius 1 is 1.03 bits per heavy atom. The quantitative estimate of drug-likeness (QED) is 0.697. The maximum absolute atomic E-state index is 12.9. The molecule has 30 heavy (non-hydrogen) atoms. The number of hydrogen-bond donors (Lipinski definition) is 2. The number of aromatic nitrogens is 2. The minimum Gasteiger partial charge on any atom is -0.368 e. The maximum atomic E-state index is 12.9. The highest BCUT2D eigenvalue weighted by Gasteiger charge is 2.28. The average Bonchev–Trinajstić information content (AvgIpc) is 2.79. The molecule has 1 fully saturated rings. The lowest BCUT2D eigenvalue weighted by molar-refractivity contribution is 0.0706. The van der Waals surface area contributed by atoms with E-state index < -0.39 is 5.91 Å². The summed E-state index contributed by atoms with van der Waals surface area (Å²) in [4.78, 5) is 35.1. The van der Waals surface area contributed by atoms with Gasteiger partial charge in [0, 0.05) is 41.9 Å². The minimum absolute atomic E-state index is 0.0135. The summed E-state index contributed by atoms with van der Waals surface area (Å²) in [6.07, 6.45) is 3.43. The van der Waals surface area contributed by atoms with Gasteiger partial charge in [-0.3, -0.25) is 9.59 Å². The lowest BCUT2D eigenvalue weighted by Gasteiger charge is -2.33. The molecule has 0 unspecified atom stereocenters. The molecular formula is C23H23N5O2. The van der Waals surface area contributed by atoms with Crippen molar-refractivity contribution in [1.82, 2.24) is 14.9 Å². The maximum Gasteiger partial charge on any atom is 0.253 e. The van der Waals surface area contributed by atoms with Crippen LogP contribution in [-0.2, 0) is 0 Å². The molecule has 0 radical (unpaired) electrons. The van der Waals surface area contributed by atoms with E-state index >= 15 is 0 Å². The van der Waals surface area contributed by atoms with Crippen molar-refractivity contribution >= 4 is 17.8 Å². The topological polar surface area (TPSA) is 115 Å². The highest BCUT2D eigenvalue weighted by atomic mass is 16.2. The van der Waals surface area contributed by atoms with Crippen LogP contribution in [0.5, 0.6) is 0 Å². The first-order valence-corrected chi connectivity index (χ1v) is 9.90. The number of carbonyl (C=O) groups is 2. The van der Waals surface area contributed by atoms with Gasteiger partial charge in [-0.1, -0.05) is 30.3 Å². The number of primary amides is 1. The van der Waals surface area contributed by atoms with Crippen LogP contribution in [-0.4, -0.2) is 39.8 Å². The third-order valence-electron chi connectivity index (χ3n) is 5.41. The van der Waals surface area contributed by atoms with Crippen molar-refractivity contribution in [1.29, 1.82) is 0 Å². The van der Waals surface area contributed by atoms with Crippen LogP contribution in [0.3, 0.4) is 0 Å². The zero-order chi connectivity index (χ0) is 21.1. The zero-order valence-electron chi connectivity index (χ0n) is 16.5. The Hall–Kier alpha value is -3.74. The van der Waals surface area contributed by atoms with Crippen molar-refractivity contribution in [3.8, 4) is 11.1 Å². The Balaban J connectivity index is 1.67. The van der Waals surface area contributed by atoms with Gasteiger partial charge < -0.3 is 16.4 Å². The molecule has 7 heteroatoms. The predicted octanol–water partition coefficient (Wildman–Crippen LogP) is 2.84. The normalized spacial score (nSPS) is 16.3. The number of amides is 2. The molecule has 4 rings (SSSR count). The molecule has 2 aromatic carbocycles. The van der Waals surface area contributed by atoms with Crippen molar-refractivity contribution in [2.24, 2.45) is 5.73 Å². The summed E-state index contributed by atoms with van der Waals surface area (Å²) in [6, 6.07) is 16.4. The molecule has 1 aliphatic rings. The molecular weight excluding hydrogens is 378 g/mol. The Morgan fingerprint density at radius 3 is 2.57 bits per heavy atom. The summed E-state index contributed by atoms with van der Waals surface area (Å²) in [5, 5.41) is 0. The van der Waals surface area contributed by atoms with E-state index in [1.807, 2.05) is 41.3 Å². The Morgan fingerprint density at radius 2 is 1.80 bits per heavy atom. The third kappa shape index (κ3) is 4.00. The van der Waals surface area contributed by atoms with Crippen LogP contribution in [0.2, 0.25) is 0 Å². The van der Waals surface area contributed by atoms with Gasteiger partial charge in [0.15, 0.2) is 0 Å². The molecule has 4 N–H and O–H groups in total. The molecule has 2 amide bonds. The summed E-state index contributed by atoms with van der Waals surface area (Å²) in [6.45, 7) is 1.25. The summed E-state index contributed by atoms with van der Waals surface area (Å²) < 4.78 is 0. The Bertz CT molecular complexity index is 1080. The first kappa shape index (κ1) is 19.6. The first-order valence-electron chi connectivity index (χ1n) is 9.90. The van der Waals surface area contributed by atoms with Crippen molar-refractivity contribution < 1.29 is 9.59 Å². The van der Waals surface area contributed by atoms with E-state index in [2.05, 4.69) is 9.97 Å². The van der Waals surface area contributed by atoms with Gasteiger partial charge in [-0.05, 0) is 42.7 Å². The number of rotatable bonds is 4. The highest BCUT2D eigenvalue weighted by molar-refractivity contribution is 5.95. The van der Waals surface area contributed by atoms with E-state index in [1.54, 1.807) is 24.4 Å². The number of anilines is 1. The number of benzene rings is 2. The molecule has 0 saturated carbocycles. The number of nitrogens with two attached hydrogens (primary N) is 2. The lowest BCUT2D eigenvalue weighted by Crippen LogP contribution is -2.39. The monoisotopic (exact) mass is 401 g/mol. The van der Waals surface area contributed by atoms with Crippen LogP contribution in [0, 0.1) is 0 Å². The van der Waals surface area contributed by atoms with Gasteiger partial charge >= 0.3 is 0 Å².